The second-order valence-corrected chi connectivity index (χ2v) is 10.9. The lowest BCUT2D eigenvalue weighted by atomic mass is 10.0. The lowest BCUT2D eigenvalue weighted by Gasteiger charge is -2.26. The average Bonchev–Trinajstić information content (AvgIpc) is 2.86. The van der Waals surface area contributed by atoms with Crippen LogP contribution in [0.15, 0.2) is 12.1 Å². The van der Waals surface area contributed by atoms with Gasteiger partial charge in [-0.25, -0.2) is 0 Å². The molecular formula is C30H49NO4S. The van der Waals surface area contributed by atoms with Gasteiger partial charge in [0.1, 0.15) is 6.54 Å². The molecule has 0 aliphatic rings. The zero-order valence-electron chi connectivity index (χ0n) is 23.5. The smallest absolute Gasteiger partial charge is 0.325 e. The minimum absolute atomic E-state index is 0.0289. The summed E-state index contributed by atoms with van der Waals surface area (Å²) in [5.74, 6) is -0.700. The molecule has 36 heavy (non-hydrogen) atoms. The Kier molecular flexibility index (Phi) is 17.3. The number of methoxy groups -OCH3 is 1. The molecule has 0 bridgehead atoms. The van der Waals surface area contributed by atoms with Crippen molar-refractivity contribution in [2.75, 3.05) is 24.3 Å². The van der Waals surface area contributed by atoms with Gasteiger partial charge in [0.25, 0.3) is 0 Å². The molecule has 0 fully saturated rings. The number of unbranched alkanes of at least 4 members (excludes halogenated alkanes) is 12. The van der Waals surface area contributed by atoms with Gasteiger partial charge >= 0.3 is 5.97 Å². The van der Waals surface area contributed by atoms with Crippen molar-refractivity contribution in [2.45, 2.75) is 118 Å². The number of rotatable bonds is 19. The fourth-order valence-corrected chi connectivity index (χ4v) is 5.15. The molecule has 1 amide bonds. The van der Waals surface area contributed by atoms with Crippen LogP contribution in [0, 0.1) is 20.8 Å². The monoisotopic (exact) mass is 519 g/mol. The Morgan fingerprint density at radius 3 is 1.81 bits per heavy atom. The lowest BCUT2D eigenvalue weighted by Crippen LogP contribution is -2.38. The summed E-state index contributed by atoms with van der Waals surface area (Å²) in [6.07, 6.45) is 17.0. The number of hydrogen-bond acceptors (Lipinski definition) is 5. The quantitative estimate of drug-likeness (QED) is 0.137. The molecular weight excluding hydrogens is 470 g/mol. The highest BCUT2D eigenvalue weighted by molar-refractivity contribution is 8.14. The van der Waals surface area contributed by atoms with Crippen molar-refractivity contribution >= 4 is 34.4 Å². The first kappa shape index (κ1) is 32.2. The Bertz CT molecular complexity index is 808. The van der Waals surface area contributed by atoms with Gasteiger partial charge in [0.05, 0.1) is 18.6 Å². The van der Waals surface area contributed by atoms with E-state index in [9.17, 15) is 14.4 Å². The molecule has 0 saturated heterocycles. The van der Waals surface area contributed by atoms with E-state index in [1.165, 1.54) is 82.6 Å². The number of esters is 1. The van der Waals surface area contributed by atoms with Crippen LogP contribution < -0.4 is 4.90 Å². The molecule has 1 aromatic carbocycles. The zero-order chi connectivity index (χ0) is 26.8. The van der Waals surface area contributed by atoms with E-state index in [2.05, 4.69) is 6.92 Å². The van der Waals surface area contributed by atoms with E-state index in [1.807, 2.05) is 32.9 Å². The van der Waals surface area contributed by atoms with E-state index in [0.29, 0.717) is 6.42 Å². The summed E-state index contributed by atoms with van der Waals surface area (Å²) in [5.41, 5.74) is 3.65. The SMILES string of the molecule is CCCCCCCCCCCCCCCC(=O)SCC(=O)N(CC(=O)OC)c1c(C)ccc(C)c1C. The third kappa shape index (κ3) is 12.9. The molecule has 0 atom stereocenters. The van der Waals surface area contributed by atoms with Crippen molar-refractivity contribution in [3.8, 4) is 0 Å². The standard InChI is InChI=1S/C30H49NO4S/c1-6-7-8-9-10-11-12-13-14-15-16-17-18-19-29(34)36-23-27(32)31(22-28(33)35-5)30-25(3)21-20-24(2)26(30)4/h20-21H,6-19,22-23H2,1-5H3. The molecule has 0 aromatic heterocycles. The van der Waals surface area contributed by atoms with Gasteiger partial charge in [-0.3, -0.25) is 19.3 Å². The molecule has 0 heterocycles. The predicted octanol–water partition coefficient (Wildman–Crippen LogP) is 7.86. The molecule has 0 N–H and O–H groups in total. The van der Waals surface area contributed by atoms with Crippen LogP contribution in [0.25, 0.3) is 0 Å². The van der Waals surface area contributed by atoms with E-state index in [0.717, 1.165) is 47.0 Å². The Labute approximate surface area is 224 Å². The highest BCUT2D eigenvalue weighted by Gasteiger charge is 2.24. The molecule has 0 aliphatic carbocycles. The Hall–Kier alpha value is -1.82. The van der Waals surface area contributed by atoms with Gasteiger partial charge in [0.15, 0.2) is 5.12 Å². The van der Waals surface area contributed by atoms with Gasteiger partial charge in [0.2, 0.25) is 5.91 Å². The summed E-state index contributed by atoms with van der Waals surface area (Å²) in [6, 6.07) is 3.95. The fourth-order valence-electron chi connectivity index (χ4n) is 4.42. The summed E-state index contributed by atoms with van der Waals surface area (Å²) in [5, 5.41) is 0.0436. The fraction of sp³-hybridized carbons (Fsp3) is 0.700. The van der Waals surface area contributed by atoms with Crippen molar-refractivity contribution in [3.05, 3.63) is 28.8 Å². The van der Waals surface area contributed by atoms with Crippen LogP contribution in [-0.4, -0.2) is 36.4 Å². The van der Waals surface area contributed by atoms with Crippen LogP contribution >= 0.6 is 11.8 Å². The zero-order valence-corrected chi connectivity index (χ0v) is 24.3. The second kappa shape index (κ2) is 19.3. The van der Waals surface area contributed by atoms with E-state index in [4.69, 9.17) is 4.74 Å². The van der Waals surface area contributed by atoms with Crippen LogP contribution in [0.3, 0.4) is 0 Å². The Balaban J connectivity index is 2.31. The number of carbonyl (C=O) groups is 3. The molecule has 0 spiro atoms. The first-order chi connectivity index (χ1) is 17.3. The third-order valence-electron chi connectivity index (χ3n) is 6.83. The minimum atomic E-state index is -0.480. The maximum absolute atomic E-state index is 13.0. The number of hydrogen-bond donors (Lipinski definition) is 0. The topological polar surface area (TPSA) is 63.7 Å². The van der Waals surface area contributed by atoms with Crippen LogP contribution in [-0.2, 0) is 19.1 Å². The van der Waals surface area contributed by atoms with Crippen molar-refractivity contribution in [3.63, 3.8) is 0 Å². The van der Waals surface area contributed by atoms with Gasteiger partial charge in [0, 0.05) is 6.42 Å². The number of anilines is 1. The lowest BCUT2D eigenvalue weighted by molar-refractivity contribution is -0.139. The molecule has 1 rings (SSSR count). The van der Waals surface area contributed by atoms with Gasteiger partial charge < -0.3 is 4.74 Å². The molecule has 6 heteroatoms. The second-order valence-electron chi connectivity index (χ2n) is 9.88. The summed E-state index contributed by atoms with van der Waals surface area (Å²) in [6.45, 7) is 7.95. The molecule has 0 radical (unpaired) electrons. The van der Waals surface area contributed by atoms with Crippen LogP contribution in [0.5, 0.6) is 0 Å². The highest BCUT2D eigenvalue weighted by atomic mass is 32.2. The number of benzene rings is 1. The summed E-state index contributed by atoms with van der Waals surface area (Å²) < 4.78 is 4.81. The van der Waals surface area contributed by atoms with Crippen molar-refractivity contribution in [2.24, 2.45) is 0 Å². The van der Waals surface area contributed by atoms with Crippen molar-refractivity contribution < 1.29 is 19.1 Å². The molecule has 1 aromatic rings. The number of nitrogens with zero attached hydrogens (tertiary/aromatic N) is 1. The summed E-state index contributed by atoms with van der Waals surface area (Å²) in [4.78, 5) is 38.9. The molecule has 204 valence electrons. The van der Waals surface area contributed by atoms with E-state index in [1.54, 1.807) is 0 Å². The highest BCUT2D eigenvalue weighted by Crippen LogP contribution is 2.28. The van der Waals surface area contributed by atoms with E-state index < -0.39 is 5.97 Å². The van der Waals surface area contributed by atoms with Crippen LogP contribution in [0.1, 0.15) is 114 Å². The number of carbonyl (C=O) groups excluding carboxylic acids is 3. The number of ether oxygens (including phenoxy) is 1. The normalized spacial score (nSPS) is 10.9. The van der Waals surface area contributed by atoms with E-state index >= 15 is 0 Å². The molecule has 0 saturated carbocycles. The minimum Gasteiger partial charge on any atom is -0.468 e. The number of aryl methyl sites for hydroxylation is 2. The van der Waals surface area contributed by atoms with Gasteiger partial charge in [-0.2, -0.15) is 0 Å². The third-order valence-corrected chi connectivity index (χ3v) is 7.75. The molecule has 0 unspecified atom stereocenters. The van der Waals surface area contributed by atoms with Crippen molar-refractivity contribution in [1.82, 2.24) is 0 Å². The molecule has 5 nitrogen and oxygen atoms in total. The number of thioether (sulfide) groups is 1. The first-order valence-electron chi connectivity index (χ1n) is 13.9. The van der Waals surface area contributed by atoms with E-state index in [-0.39, 0.29) is 23.3 Å². The van der Waals surface area contributed by atoms with Crippen LogP contribution in [0.4, 0.5) is 5.69 Å². The Morgan fingerprint density at radius 2 is 1.28 bits per heavy atom. The van der Waals surface area contributed by atoms with Crippen LogP contribution in [0.2, 0.25) is 0 Å². The van der Waals surface area contributed by atoms with Gasteiger partial charge in [-0.1, -0.05) is 108 Å². The summed E-state index contributed by atoms with van der Waals surface area (Å²) >= 11 is 1.06. The summed E-state index contributed by atoms with van der Waals surface area (Å²) in [7, 11) is 1.31. The van der Waals surface area contributed by atoms with Crippen molar-refractivity contribution in [1.29, 1.82) is 0 Å². The number of amides is 1. The maximum Gasteiger partial charge on any atom is 0.325 e. The predicted molar refractivity (Wildman–Crippen MR) is 153 cm³/mol. The largest absolute Gasteiger partial charge is 0.468 e. The van der Waals surface area contributed by atoms with Gasteiger partial charge in [-0.05, 0) is 43.9 Å². The average molecular weight is 520 g/mol. The Morgan fingerprint density at radius 1 is 0.778 bits per heavy atom. The first-order valence-corrected chi connectivity index (χ1v) is 14.9. The maximum atomic E-state index is 13.0. The molecule has 0 aliphatic heterocycles. The van der Waals surface area contributed by atoms with Gasteiger partial charge in [-0.15, -0.1) is 0 Å².